The van der Waals surface area contributed by atoms with Crippen LogP contribution in [0.15, 0.2) is 48.7 Å². The van der Waals surface area contributed by atoms with Crippen molar-refractivity contribution < 1.29 is 27.5 Å². The van der Waals surface area contributed by atoms with E-state index in [2.05, 4.69) is 20.3 Å². The summed E-state index contributed by atoms with van der Waals surface area (Å²) in [7, 11) is 0. The maximum absolute atomic E-state index is 14.0. The van der Waals surface area contributed by atoms with Crippen molar-refractivity contribution in [3.8, 4) is 23.0 Å². The molecule has 8 nitrogen and oxygen atoms in total. The molecule has 1 aliphatic carbocycles. The molecule has 6 rings (SSSR count). The largest absolute Gasteiger partial charge is 0.508 e. The number of carbonyl (C=O) groups is 1. The number of aromatic nitrogens is 4. The first-order valence-corrected chi connectivity index (χ1v) is 12.6. The molecular weight excluding hydrogens is 516 g/mol. The number of hydrogen-bond donors (Lipinski definition) is 2. The molecule has 12 heteroatoms. The summed E-state index contributed by atoms with van der Waals surface area (Å²) in [6.07, 6.45) is 0.183. The molecule has 1 saturated carbocycles. The van der Waals surface area contributed by atoms with Gasteiger partial charge in [-0.2, -0.15) is 18.2 Å². The van der Waals surface area contributed by atoms with E-state index < -0.39 is 17.6 Å². The molecule has 1 atom stereocenters. The van der Waals surface area contributed by atoms with Gasteiger partial charge in [0, 0.05) is 42.9 Å². The third kappa shape index (κ3) is 4.98. The van der Waals surface area contributed by atoms with E-state index in [1.54, 1.807) is 16.7 Å². The van der Waals surface area contributed by atoms with Crippen LogP contribution in [0.2, 0.25) is 0 Å². The predicted molar refractivity (Wildman–Crippen MR) is 135 cm³/mol. The Labute approximate surface area is 220 Å². The van der Waals surface area contributed by atoms with Crippen molar-refractivity contribution in [1.29, 1.82) is 0 Å². The zero-order valence-electron chi connectivity index (χ0n) is 20.6. The molecule has 1 unspecified atom stereocenters. The fraction of sp³-hybridized carbons (Fsp3) is 0.333. The van der Waals surface area contributed by atoms with Gasteiger partial charge in [0.25, 0.3) is 0 Å². The lowest BCUT2D eigenvalue weighted by atomic mass is 10.1. The highest BCUT2D eigenvalue weighted by molar-refractivity contribution is 5.84. The van der Waals surface area contributed by atoms with Gasteiger partial charge in [0.15, 0.2) is 0 Å². The van der Waals surface area contributed by atoms with Crippen LogP contribution in [0.3, 0.4) is 0 Å². The van der Waals surface area contributed by atoms with Crippen molar-refractivity contribution in [2.45, 2.75) is 37.9 Å². The molecule has 2 aromatic heterocycles. The Morgan fingerprint density at radius 3 is 2.64 bits per heavy atom. The number of anilines is 1. The number of rotatable bonds is 5. The number of nitrogens with zero attached hydrogens (tertiary/aromatic N) is 5. The standard InChI is InChI=1S/C27H24F4N6O2/c28-20-7-5-16(12-19(20)27(29,30)31)24-34-21-13-18(38)6-8-22(21)37(24)23-9-10-32-26(35-23)33-17-2-1-11-36(14-17)25(39)15-3-4-15/h5-10,12-13,15,17,38H,1-4,11,14H2,(H,32,33,35). The van der Waals surface area contributed by atoms with E-state index in [4.69, 9.17) is 0 Å². The van der Waals surface area contributed by atoms with Crippen LogP contribution in [0.5, 0.6) is 5.75 Å². The highest BCUT2D eigenvalue weighted by atomic mass is 19.4. The lowest BCUT2D eigenvalue weighted by Gasteiger charge is -2.33. The van der Waals surface area contributed by atoms with E-state index in [1.165, 1.54) is 24.4 Å². The Balaban J connectivity index is 1.37. The number of aromatic hydroxyl groups is 1. The number of amides is 1. The number of likely N-dealkylation sites (tertiary alicyclic amines) is 1. The molecular formula is C27H24F4N6O2. The third-order valence-electron chi connectivity index (χ3n) is 7.03. The van der Waals surface area contributed by atoms with Crippen LogP contribution >= 0.6 is 0 Å². The molecule has 4 aromatic rings. The fourth-order valence-corrected chi connectivity index (χ4v) is 4.99. The maximum atomic E-state index is 14.0. The summed E-state index contributed by atoms with van der Waals surface area (Å²) in [5.74, 6) is -0.436. The molecule has 0 radical (unpaired) electrons. The minimum Gasteiger partial charge on any atom is -0.508 e. The Morgan fingerprint density at radius 2 is 1.87 bits per heavy atom. The second-order valence-electron chi connectivity index (χ2n) is 9.92. The summed E-state index contributed by atoms with van der Waals surface area (Å²) in [5.41, 5.74) is -0.593. The number of benzene rings is 2. The highest BCUT2D eigenvalue weighted by Crippen LogP contribution is 2.36. The van der Waals surface area contributed by atoms with Crippen LogP contribution in [-0.4, -0.2) is 54.6 Å². The van der Waals surface area contributed by atoms with Crippen LogP contribution in [-0.2, 0) is 11.0 Å². The van der Waals surface area contributed by atoms with Gasteiger partial charge in [-0.15, -0.1) is 0 Å². The van der Waals surface area contributed by atoms with Crippen LogP contribution in [0.25, 0.3) is 28.2 Å². The normalized spacial score (nSPS) is 17.9. The first-order valence-electron chi connectivity index (χ1n) is 12.6. The first-order chi connectivity index (χ1) is 18.7. The molecule has 0 bridgehead atoms. The molecule has 202 valence electrons. The number of hydrogen-bond acceptors (Lipinski definition) is 6. The van der Waals surface area contributed by atoms with Gasteiger partial charge in [-0.25, -0.2) is 14.4 Å². The van der Waals surface area contributed by atoms with Crippen LogP contribution in [0.1, 0.15) is 31.2 Å². The van der Waals surface area contributed by atoms with Gasteiger partial charge in [0.2, 0.25) is 11.9 Å². The van der Waals surface area contributed by atoms with Gasteiger partial charge >= 0.3 is 6.18 Å². The number of fused-ring (bicyclic) bond motifs is 1. The van der Waals surface area contributed by atoms with Gasteiger partial charge in [-0.1, -0.05) is 0 Å². The number of nitrogens with one attached hydrogen (secondary N) is 1. The van der Waals surface area contributed by atoms with Gasteiger partial charge in [-0.05, 0) is 62.1 Å². The topological polar surface area (TPSA) is 96.2 Å². The van der Waals surface area contributed by atoms with E-state index in [-0.39, 0.29) is 35.0 Å². The van der Waals surface area contributed by atoms with Crippen LogP contribution in [0.4, 0.5) is 23.5 Å². The Morgan fingerprint density at radius 1 is 1.05 bits per heavy atom. The number of imidazole rings is 1. The summed E-state index contributed by atoms with van der Waals surface area (Å²) >= 11 is 0. The molecule has 1 aliphatic heterocycles. The van der Waals surface area contributed by atoms with Gasteiger partial charge < -0.3 is 15.3 Å². The van der Waals surface area contributed by atoms with Crippen molar-refractivity contribution in [3.05, 3.63) is 60.0 Å². The van der Waals surface area contributed by atoms with Crippen molar-refractivity contribution in [2.24, 2.45) is 5.92 Å². The molecule has 2 fully saturated rings. The van der Waals surface area contributed by atoms with Crippen molar-refractivity contribution in [3.63, 3.8) is 0 Å². The smallest absolute Gasteiger partial charge is 0.419 e. The summed E-state index contributed by atoms with van der Waals surface area (Å²) in [5, 5.41) is 13.3. The zero-order valence-corrected chi connectivity index (χ0v) is 20.6. The van der Waals surface area contributed by atoms with Crippen molar-refractivity contribution in [1.82, 2.24) is 24.4 Å². The molecule has 1 saturated heterocycles. The van der Waals surface area contributed by atoms with E-state index >= 15 is 0 Å². The van der Waals surface area contributed by atoms with Gasteiger partial charge in [0.1, 0.15) is 23.2 Å². The molecule has 2 aliphatic rings. The van der Waals surface area contributed by atoms with Crippen LogP contribution < -0.4 is 5.32 Å². The average Bonchev–Trinajstić information content (AvgIpc) is 3.68. The molecule has 0 spiro atoms. The van der Waals surface area contributed by atoms with E-state index in [0.29, 0.717) is 35.4 Å². The minimum absolute atomic E-state index is 0.0223. The maximum Gasteiger partial charge on any atom is 0.419 e. The third-order valence-corrected chi connectivity index (χ3v) is 7.03. The summed E-state index contributed by atoms with van der Waals surface area (Å²) in [4.78, 5) is 27.8. The Kier molecular flexibility index (Phi) is 6.12. The Hall–Kier alpha value is -4.22. The molecule has 2 N–H and O–H groups in total. The molecule has 39 heavy (non-hydrogen) atoms. The number of halogens is 4. The average molecular weight is 541 g/mol. The minimum atomic E-state index is -4.89. The Bertz CT molecular complexity index is 1570. The lowest BCUT2D eigenvalue weighted by Crippen LogP contribution is -2.45. The zero-order chi connectivity index (χ0) is 27.3. The van der Waals surface area contributed by atoms with Crippen molar-refractivity contribution >= 4 is 22.9 Å². The number of piperidine rings is 1. The van der Waals surface area contributed by atoms with Crippen molar-refractivity contribution in [2.75, 3.05) is 18.4 Å². The first kappa shape index (κ1) is 25.1. The number of phenolic OH excluding ortho intramolecular Hbond substituents is 1. The number of carbonyl (C=O) groups excluding carboxylic acids is 1. The van der Waals surface area contributed by atoms with E-state index in [1.807, 2.05) is 4.90 Å². The molecule has 3 heterocycles. The van der Waals surface area contributed by atoms with Crippen LogP contribution in [0, 0.1) is 11.7 Å². The quantitative estimate of drug-likeness (QED) is 0.340. The van der Waals surface area contributed by atoms with Gasteiger partial charge in [0.05, 0.1) is 16.6 Å². The second kappa shape index (κ2) is 9.51. The summed E-state index contributed by atoms with van der Waals surface area (Å²) in [6, 6.07) is 8.61. The summed E-state index contributed by atoms with van der Waals surface area (Å²) in [6.45, 7) is 1.26. The van der Waals surface area contributed by atoms with Gasteiger partial charge in [-0.3, -0.25) is 9.36 Å². The molecule has 2 aromatic carbocycles. The highest BCUT2D eigenvalue weighted by Gasteiger charge is 2.36. The summed E-state index contributed by atoms with van der Waals surface area (Å²) < 4.78 is 56.0. The predicted octanol–water partition coefficient (Wildman–Crippen LogP) is 5.16. The van der Waals surface area contributed by atoms with E-state index in [0.717, 1.165) is 38.3 Å². The lowest BCUT2D eigenvalue weighted by molar-refractivity contribution is -0.140. The van der Waals surface area contributed by atoms with E-state index in [9.17, 15) is 27.5 Å². The second-order valence-corrected chi connectivity index (χ2v) is 9.92. The SMILES string of the molecule is O=C(C1CC1)N1CCCC(Nc2nccc(-n3c(-c4ccc(F)c(C(F)(F)F)c4)nc4cc(O)ccc43)n2)C1. The fourth-order valence-electron chi connectivity index (χ4n) is 4.99. The molecule has 1 amide bonds. The number of phenols is 1. The monoisotopic (exact) mass is 540 g/mol. The number of alkyl halides is 3.